The van der Waals surface area contributed by atoms with Crippen molar-refractivity contribution in [3.05, 3.63) is 59.7 Å². The summed E-state index contributed by atoms with van der Waals surface area (Å²) in [5, 5.41) is 2.55. The normalized spacial score (nSPS) is 16.2. The lowest BCUT2D eigenvalue weighted by atomic mass is 10.2. The van der Waals surface area contributed by atoms with Crippen LogP contribution in [0.2, 0.25) is 0 Å². The highest BCUT2D eigenvalue weighted by Crippen LogP contribution is 2.30. The summed E-state index contributed by atoms with van der Waals surface area (Å²) in [5.41, 5.74) is -0.210. The first kappa shape index (κ1) is 14.3. The Kier molecular flexibility index (Phi) is 3.91. The predicted molar refractivity (Wildman–Crippen MR) is 75.0 cm³/mol. The number of nitrogens with one attached hydrogen (secondary N) is 1. The maximum Gasteiger partial charge on any atom is 0.254 e. The molecule has 0 saturated heterocycles. The average Bonchev–Trinajstić information content (AvgIpc) is 2.52. The van der Waals surface area contributed by atoms with Crippen molar-refractivity contribution in [1.29, 1.82) is 0 Å². The molecule has 0 unspecified atom stereocenters. The maximum absolute atomic E-state index is 13.5. The molecular weight excluding hydrogens is 292 g/mol. The van der Waals surface area contributed by atoms with Crippen LogP contribution in [0.4, 0.5) is 8.78 Å². The standard InChI is InChI=1S/C16H13F2NO3/c17-10-5-6-12(13(18)7-10)16(20)19-8-11-9-21-14-3-1-2-4-15(14)22-11/h1-7,11H,8-9H2,(H,19,20)/t11-/m1/s1. The van der Waals surface area contributed by atoms with Gasteiger partial charge in [0.15, 0.2) is 11.5 Å². The number of hydrogen-bond acceptors (Lipinski definition) is 3. The number of carbonyl (C=O) groups is 1. The molecular formula is C16H13F2NO3. The second-order valence-corrected chi connectivity index (χ2v) is 4.83. The smallest absolute Gasteiger partial charge is 0.254 e. The van der Waals surface area contributed by atoms with Crippen molar-refractivity contribution in [2.45, 2.75) is 6.10 Å². The second kappa shape index (κ2) is 6.01. The summed E-state index contributed by atoms with van der Waals surface area (Å²) in [6, 6.07) is 10.0. The Bertz CT molecular complexity index is 706. The molecule has 22 heavy (non-hydrogen) atoms. The summed E-state index contributed by atoms with van der Waals surface area (Å²) < 4.78 is 37.5. The molecule has 1 aliphatic rings. The minimum absolute atomic E-state index is 0.157. The third kappa shape index (κ3) is 3.00. The Labute approximate surface area is 125 Å². The number of rotatable bonds is 3. The highest BCUT2D eigenvalue weighted by molar-refractivity contribution is 5.94. The lowest BCUT2D eigenvalue weighted by molar-refractivity contribution is 0.0787. The first-order valence-corrected chi connectivity index (χ1v) is 6.75. The van der Waals surface area contributed by atoms with Gasteiger partial charge in [-0.1, -0.05) is 12.1 Å². The molecule has 4 nitrogen and oxygen atoms in total. The zero-order valence-corrected chi connectivity index (χ0v) is 11.5. The number of ether oxygens (including phenoxy) is 2. The van der Waals surface area contributed by atoms with Gasteiger partial charge < -0.3 is 14.8 Å². The molecule has 0 aliphatic carbocycles. The molecule has 1 atom stereocenters. The fraction of sp³-hybridized carbons (Fsp3) is 0.188. The van der Waals surface area contributed by atoms with Gasteiger partial charge in [-0.25, -0.2) is 8.78 Å². The van der Waals surface area contributed by atoms with Crippen molar-refractivity contribution in [2.75, 3.05) is 13.2 Å². The van der Waals surface area contributed by atoms with E-state index >= 15 is 0 Å². The van der Waals surface area contributed by atoms with E-state index in [0.29, 0.717) is 17.6 Å². The Morgan fingerprint density at radius 3 is 2.73 bits per heavy atom. The van der Waals surface area contributed by atoms with Crippen LogP contribution in [0.25, 0.3) is 0 Å². The van der Waals surface area contributed by atoms with Crippen LogP contribution in [0.15, 0.2) is 42.5 Å². The monoisotopic (exact) mass is 305 g/mol. The lowest BCUT2D eigenvalue weighted by Gasteiger charge is -2.26. The van der Waals surface area contributed by atoms with E-state index in [1.807, 2.05) is 12.1 Å². The minimum Gasteiger partial charge on any atom is -0.486 e. The molecule has 0 fully saturated rings. The number of para-hydroxylation sites is 2. The summed E-state index contributed by atoms with van der Waals surface area (Å²) >= 11 is 0. The van der Waals surface area contributed by atoms with Crippen LogP contribution in [0.5, 0.6) is 11.5 Å². The first-order chi connectivity index (χ1) is 10.6. The largest absolute Gasteiger partial charge is 0.486 e. The van der Waals surface area contributed by atoms with E-state index in [0.717, 1.165) is 12.1 Å². The highest BCUT2D eigenvalue weighted by atomic mass is 19.1. The fourth-order valence-corrected chi connectivity index (χ4v) is 2.14. The Hall–Kier alpha value is -2.63. The van der Waals surface area contributed by atoms with Crippen molar-refractivity contribution in [2.24, 2.45) is 0 Å². The third-order valence-corrected chi connectivity index (χ3v) is 3.23. The second-order valence-electron chi connectivity index (χ2n) is 4.83. The molecule has 3 rings (SSSR count). The first-order valence-electron chi connectivity index (χ1n) is 6.75. The molecule has 0 saturated carbocycles. The van der Waals surface area contributed by atoms with Crippen LogP contribution in [0.3, 0.4) is 0 Å². The number of hydrogen-bond donors (Lipinski definition) is 1. The Morgan fingerprint density at radius 2 is 1.95 bits per heavy atom. The maximum atomic E-state index is 13.5. The minimum atomic E-state index is -0.899. The summed E-state index contributed by atoms with van der Waals surface area (Å²) in [6.45, 7) is 0.438. The van der Waals surface area contributed by atoms with Gasteiger partial charge in [-0.2, -0.15) is 0 Å². The van der Waals surface area contributed by atoms with Gasteiger partial charge in [-0.3, -0.25) is 4.79 Å². The molecule has 1 heterocycles. The molecule has 114 valence electrons. The molecule has 0 radical (unpaired) electrons. The molecule has 1 N–H and O–H groups in total. The number of fused-ring (bicyclic) bond motifs is 1. The van der Waals surface area contributed by atoms with Crippen molar-refractivity contribution < 1.29 is 23.0 Å². The Morgan fingerprint density at radius 1 is 1.18 bits per heavy atom. The Balaban J connectivity index is 1.60. The molecule has 6 heteroatoms. The van der Waals surface area contributed by atoms with Gasteiger partial charge in [0.05, 0.1) is 12.1 Å². The van der Waals surface area contributed by atoms with Gasteiger partial charge in [0.2, 0.25) is 0 Å². The molecule has 2 aromatic rings. The molecule has 0 aromatic heterocycles. The number of benzene rings is 2. The number of carbonyl (C=O) groups excluding carboxylic acids is 1. The van der Waals surface area contributed by atoms with Gasteiger partial charge in [0.25, 0.3) is 5.91 Å². The van der Waals surface area contributed by atoms with E-state index in [-0.39, 0.29) is 24.8 Å². The molecule has 1 amide bonds. The fourth-order valence-electron chi connectivity index (χ4n) is 2.14. The van der Waals surface area contributed by atoms with Gasteiger partial charge in [0.1, 0.15) is 24.3 Å². The summed E-state index contributed by atoms with van der Waals surface area (Å²) in [6.07, 6.45) is -0.373. The van der Waals surface area contributed by atoms with Gasteiger partial charge in [-0.05, 0) is 24.3 Å². The molecule has 0 spiro atoms. The van der Waals surface area contributed by atoms with Crippen molar-refractivity contribution in [3.8, 4) is 11.5 Å². The SMILES string of the molecule is O=C(NC[C@@H]1COc2ccccc2O1)c1ccc(F)cc1F. The number of amides is 1. The van der Waals surface area contributed by atoms with Crippen LogP contribution < -0.4 is 14.8 Å². The van der Waals surface area contributed by atoms with E-state index in [1.54, 1.807) is 12.1 Å². The zero-order chi connectivity index (χ0) is 15.5. The van der Waals surface area contributed by atoms with E-state index in [9.17, 15) is 13.6 Å². The average molecular weight is 305 g/mol. The van der Waals surface area contributed by atoms with Crippen LogP contribution in [0.1, 0.15) is 10.4 Å². The van der Waals surface area contributed by atoms with E-state index in [4.69, 9.17) is 9.47 Å². The van der Waals surface area contributed by atoms with E-state index in [2.05, 4.69) is 5.32 Å². The quantitative estimate of drug-likeness (QED) is 0.948. The molecule has 2 aromatic carbocycles. The van der Waals surface area contributed by atoms with Gasteiger partial charge in [-0.15, -0.1) is 0 Å². The summed E-state index contributed by atoms with van der Waals surface area (Å²) in [4.78, 5) is 11.9. The van der Waals surface area contributed by atoms with E-state index < -0.39 is 17.5 Å². The van der Waals surface area contributed by atoms with Crippen LogP contribution in [-0.4, -0.2) is 25.2 Å². The van der Waals surface area contributed by atoms with Gasteiger partial charge >= 0.3 is 0 Å². The van der Waals surface area contributed by atoms with Crippen LogP contribution in [-0.2, 0) is 0 Å². The molecule has 1 aliphatic heterocycles. The third-order valence-electron chi connectivity index (χ3n) is 3.23. The predicted octanol–water partition coefficient (Wildman–Crippen LogP) is 2.53. The zero-order valence-electron chi connectivity index (χ0n) is 11.5. The highest BCUT2D eigenvalue weighted by Gasteiger charge is 2.22. The topological polar surface area (TPSA) is 47.6 Å². The van der Waals surface area contributed by atoms with Crippen molar-refractivity contribution >= 4 is 5.91 Å². The van der Waals surface area contributed by atoms with E-state index in [1.165, 1.54) is 0 Å². The summed E-state index contributed by atoms with van der Waals surface area (Å²) in [7, 11) is 0. The number of halogens is 2. The van der Waals surface area contributed by atoms with Crippen LogP contribution >= 0.6 is 0 Å². The lowest BCUT2D eigenvalue weighted by Crippen LogP contribution is -2.40. The van der Waals surface area contributed by atoms with Crippen LogP contribution in [0, 0.1) is 11.6 Å². The van der Waals surface area contributed by atoms with Gasteiger partial charge in [0, 0.05) is 6.07 Å². The summed E-state index contributed by atoms with van der Waals surface area (Å²) in [5.74, 6) is -1.01. The van der Waals surface area contributed by atoms with Crippen molar-refractivity contribution in [3.63, 3.8) is 0 Å². The molecule has 0 bridgehead atoms. The van der Waals surface area contributed by atoms with Crippen molar-refractivity contribution in [1.82, 2.24) is 5.32 Å².